The second-order valence-electron chi connectivity index (χ2n) is 6.05. The van der Waals surface area contributed by atoms with Crippen molar-refractivity contribution in [3.63, 3.8) is 0 Å². The molecular formula is C17H36O2. The van der Waals surface area contributed by atoms with E-state index in [2.05, 4.69) is 6.92 Å². The van der Waals surface area contributed by atoms with Crippen molar-refractivity contribution >= 4 is 0 Å². The van der Waals surface area contributed by atoms with E-state index in [0.29, 0.717) is 0 Å². The van der Waals surface area contributed by atoms with Crippen molar-refractivity contribution in [3.8, 4) is 0 Å². The van der Waals surface area contributed by atoms with Gasteiger partial charge in [-0.05, 0) is 26.2 Å². The summed E-state index contributed by atoms with van der Waals surface area (Å²) in [7, 11) is 0. The lowest BCUT2D eigenvalue weighted by Crippen LogP contribution is -2.04. The maximum Gasteiger partial charge on any atom is 0.0540 e. The van der Waals surface area contributed by atoms with Crippen molar-refractivity contribution in [2.45, 2.75) is 110 Å². The fraction of sp³-hybridized carbons (Fsp3) is 1.00. The maximum atomic E-state index is 9.59. The molecule has 0 aliphatic heterocycles. The largest absolute Gasteiger partial charge is 0.393 e. The Kier molecular flexibility index (Phi) is 14.3. The zero-order valence-corrected chi connectivity index (χ0v) is 13.2. The third-order valence-electron chi connectivity index (χ3n) is 3.78. The van der Waals surface area contributed by atoms with Gasteiger partial charge in [-0.2, -0.15) is 0 Å². The van der Waals surface area contributed by atoms with Crippen molar-refractivity contribution in [3.05, 3.63) is 0 Å². The molecule has 2 heteroatoms. The molecule has 0 unspecified atom stereocenters. The average molecular weight is 272 g/mol. The van der Waals surface area contributed by atoms with Crippen LogP contribution in [0.5, 0.6) is 0 Å². The number of hydrogen-bond donors (Lipinski definition) is 2. The van der Waals surface area contributed by atoms with Crippen molar-refractivity contribution in [1.82, 2.24) is 0 Å². The summed E-state index contributed by atoms with van der Waals surface area (Å²) < 4.78 is 0. The Morgan fingerprint density at radius 2 is 1.05 bits per heavy atom. The Balaban J connectivity index is 3.03. The number of aliphatic hydroxyl groups is 2. The third kappa shape index (κ3) is 15.9. The quantitative estimate of drug-likeness (QED) is 0.445. The lowest BCUT2D eigenvalue weighted by atomic mass is 10.0. The molecule has 0 aromatic carbocycles. The second-order valence-corrected chi connectivity index (χ2v) is 6.05. The van der Waals surface area contributed by atoms with E-state index in [1.165, 1.54) is 57.8 Å². The zero-order chi connectivity index (χ0) is 14.3. The molecule has 2 nitrogen and oxygen atoms in total. The van der Waals surface area contributed by atoms with Gasteiger partial charge in [0.25, 0.3) is 0 Å². The zero-order valence-electron chi connectivity index (χ0n) is 13.2. The summed E-state index contributed by atoms with van der Waals surface area (Å²) in [6.07, 6.45) is 15.4. The fourth-order valence-corrected chi connectivity index (χ4v) is 2.53. The molecule has 0 aliphatic rings. The first-order valence-electron chi connectivity index (χ1n) is 8.53. The highest BCUT2D eigenvalue weighted by Gasteiger charge is 2.01. The standard InChI is InChI=1S/C17H36O2/c1-3-13-17(19)15-12-10-8-6-4-5-7-9-11-14-16(2)18/h16-19H,3-15H2,1-2H3/t16-,17-/m1/s1. The van der Waals surface area contributed by atoms with Gasteiger partial charge < -0.3 is 10.2 Å². The van der Waals surface area contributed by atoms with Crippen LogP contribution in [0.1, 0.15) is 97.3 Å². The summed E-state index contributed by atoms with van der Waals surface area (Å²) in [4.78, 5) is 0. The van der Waals surface area contributed by atoms with E-state index < -0.39 is 0 Å². The summed E-state index contributed by atoms with van der Waals surface area (Å²) >= 11 is 0. The molecule has 0 rings (SSSR count). The predicted molar refractivity (Wildman–Crippen MR) is 83.4 cm³/mol. The lowest BCUT2D eigenvalue weighted by Gasteiger charge is -2.08. The van der Waals surface area contributed by atoms with Crippen molar-refractivity contribution in [1.29, 1.82) is 0 Å². The molecule has 0 amide bonds. The predicted octanol–water partition coefficient (Wildman–Crippen LogP) is 4.82. The third-order valence-corrected chi connectivity index (χ3v) is 3.78. The molecule has 0 spiro atoms. The van der Waals surface area contributed by atoms with E-state index in [0.717, 1.165) is 25.7 Å². The van der Waals surface area contributed by atoms with Gasteiger partial charge in [0.2, 0.25) is 0 Å². The summed E-state index contributed by atoms with van der Waals surface area (Å²) in [5.41, 5.74) is 0. The Morgan fingerprint density at radius 3 is 1.47 bits per heavy atom. The fourth-order valence-electron chi connectivity index (χ4n) is 2.53. The minimum atomic E-state index is -0.122. The molecule has 0 aromatic rings. The number of unbranched alkanes of at least 4 members (excludes halogenated alkanes) is 8. The van der Waals surface area contributed by atoms with E-state index in [4.69, 9.17) is 5.11 Å². The summed E-state index contributed by atoms with van der Waals surface area (Å²) in [5.74, 6) is 0. The molecule has 0 aliphatic carbocycles. The Bertz CT molecular complexity index is 169. The van der Waals surface area contributed by atoms with Gasteiger partial charge in [-0.25, -0.2) is 0 Å². The van der Waals surface area contributed by atoms with Crippen LogP contribution in [0.2, 0.25) is 0 Å². The number of aliphatic hydroxyl groups excluding tert-OH is 2. The first-order chi connectivity index (χ1) is 9.16. The molecule has 0 heterocycles. The Morgan fingerprint density at radius 1 is 0.632 bits per heavy atom. The SMILES string of the molecule is CCC[C@@H](O)CCCCCCCCCCC[C@@H](C)O. The van der Waals surface area contributed by atoms with Crippen LogP contribution in [-0.2, 0) is 0 Å². The summed E-state index contributed by atoms with van der Waals surface area (Å²) in [5, 5.41) is 18.7. The van der Waals surface area contributed by atoms with Crippen molar-refractivity contribution < 1.29 is 10.2 Å². The molecular weight excluding hydrogens is 236 g/mol. The van der Waals surface area contributed by atoms with Crippen LogP contribution in [0.25, 0.3) is 0 Å². The van der Waals surface area contributed by atoms with E-state index in [9.17, 15) is 5.11 Å². The van der Waals surface area contributed by atoms with Crippen LogP contribution in [-0.4, -0.2) is 22.4 Å². The van der Waals surface area contributed by atoms with E-state index in [-0.39, 0.29) is 12.2 Å². The van der Waals surface area contributed by atoms with Crippen LogP contribution < -0.4 is 0 Å². The Hall–Kier alpha value is -0.0800. The monoisotopic (exact) mass is 272 g/mol. The highest BCUT2D eigenvalue weighted by atomic mass is 16.3. The molecule has 19 heavy (non-hydrogen) atoms. The minimum Gasteiger partial charge on any atom is -0.393 e. The highest BCUT2D eigenvalue weighted by molar-refractivity contribution is 4.55. The molecule has 0 aromatic heterocycles. The van der Waals surface area contributed by atoms with Crippen LogP contribution >= 0.6 is 0 Å². The molecule has 0 radical (unpaired) electrons. The summed E-state index contributed by atoms with van der Waals surface area (Å²) in [6, 6.07) is 0. The smallest absolute Gasteiger partial charge is 0.0540 e. The van der Waals surface area contributed by atoms with Crippen LogP contribution in [0.15, 0.2) is 0 Å². The van der Waals surface area contributed by atoms with Crippen molar-refractivity contribution in [2.24, 2.45) is 0 Å². The van der Waals surface area contributed by atoms with E-state index in [1.54, 1.807) is 0 Å². The number of hydrogen-bond acceptors (Lipinski definition) is 2. The molecule has 0 saturated heterocycles. The molecule has 116 valence electrons. The lowest BCUT2D eigenvalue weighted by molar-refractivity contribution is 0.150. The van der Waals surface area contributed by atoms with Gasteiger partial charge in [0.15, 0.2) is 0 Å². The first kappa shape index (κ1) is 18.9. The van der Waals surface area contributed by atoms with Gasteiger partial charge in [-0.3, -0.25) is 0 Å². The number of rotatable bonds is 14. The molecule has 2 N–H and O–H groups in total. The molecule has 2 atom stereocenters. The van der Waals surface area contributed by atoms with Gasteiger partial charge in [-0.1, -0.05) is 71.1 Å². The maximum absolute atomic E-state index is 9.59. The summed E-state index contributed by atoms with van der Waals surface area (Å²) in [6.45, 7) is 4.00. The first-order valence-corrected chi connectivity index (χ1v) is 8.53. The van der Waals surface area contributed by atoms with Crippen molar-refractivity contribution in [2.75, 3.05) is 0 Å². The van der Waals surface area contributed by atoms with Gasteiger partial charge in [0.1, 0.15) is 0 Å². The van der Waals surface area contributed by atoms with Gasteiger partial charge >= 0.3 is 0 Å². The van der Waals surface area contributed by atoms with E-state index >= 15 is 0 Å². The van der Waals surface area contributed by atoms with Gasteiger partial charge in [0.05, 0.1) is 12.2 Å². The van der Waals surface area contributed by atoms with Crippen LogP contribution in [0.3, 0.4) is 0 Å². The van der Waals surface area contributed by atoms with E-state index in [1.807, 2.05) is 6.92 Å². The second kappa shape index (κ2) is 14.3. The molecule has 0 fully saturated rings. The normalized spacial score (nSPS) is 14.5. The van der Waals surface area contributed by atoms with Gasteiger partial charge in [-0.15, -0.1) is 0 Å². The molecule has 0 saturated carbocycles. The minimum absolute atomic E-state index is 0.0566. The molecule has 0 bridgehead atoms. The van der Waals surface area contributed by atoms with Crippen LogP contribution in [0.4, 0.5) is 0 Å². The Labute approximate surface area is 120 Å². The van der Waals surface area contributed by atoms with Gasteiger partial charge in [0, 0.05) is 0 Å². The topological polar surface area (TPSA) is 40.5 Å². The average Bonchev–Trinajstić information content (AvgIpc) is 2.36. The van der Waals surface area contributed by atoms with Crippen LogP contribution in [0, 0.1) is 0 Å². The highest BCUT2D eigenvalue weighted by Crippen LogP contribution is 2.13.